The third kappa shape index (κ3) is 3.53. The number of hydrogen-bond acceptors (Lipinski definition) is 3. The van der Waals surface area contributed by atoms with Gasteiger partial charge in [-0.1, -0.05) is 41.5 Å². The van der Waals surface area contributed by atoms with Gasteiger partial charge < -0.3 is 5.11 Å². The summed E-state index contributed by atoms with van der Waals surface area (Å²) in [6.45, 7) is 12.8. The van der Waals surface area contributed by atoms with Gasteiger partial charge in [0.1, 0.15) is 5.75 Å². The Morgan fingerprint density at radius 2 is 1.54 bits per heavy atom. The molecule has 1 aromatic carbocycles. The summed E-state index contributed by atoms with van der Waals surface area (Å²) in [6, 6.07) is 3.88. The Morgan fingerprint density at radius 1 is 1.04 bits per heavy atom. The SMILES string of the molecule is CC(C)(C)c1cc(C=C2CCN(C=O)C2=O)cc(C(C)(C)C)c1O. The molecule has 1 aromatic rings. The van der Waals surface area contributed by atoms with Crippen molar-refractivity contribution in [3.63, 3.8) is 0 Å². The summed E-state index contributed by atoms with van der Waals surface area (Å²) < 4.78 is 0. The van der Waals surface area contributed by atoms with E-state index in [0.29, 0.717) is 30.7 Å². The Hall–Kier alpha value is -2.10. The van der Waals surface area contributed by atoms with Crippen molar-refractivity contribution in [1.82, 2.24) is 4.90 Å². The Kier molecular flexibility index (Phi) is 4.62. The van der Waals surface area contributed by atoms with E-state index in [-0.39, 0.29) is 16.7 Å². The van der Waals surface area contributed by atoms with Crippen LogP contribution in [0.3, 0.4) is 0 Å². The van der Waals surface area contributed by atoms with Crippen LogP contribution in [0.5, 0.6) is 5.75 Å². The maximum Gasteiger partial charge on any atom is 0.256 e. The fourth-order valence-corrected chi connectivity index (χ4v) is 2.95. The lowest BCUT2D eigenvalue weighted by Gasteiger charge is -2.28. The number of benzene rings is 1. The minimum atomic E-state index is -0.229. The summed E-state index contributed by atoms with van der Waals surface area (Å²) in [5, 5.41) is 10.7. The maximum absolute atomic E-state index is 12.1. The predicted molar refractivity (Wildman–Crippen MR) is 95.9 cm³/mol. The molecule has 4 nitrogen and oxygen atoms in total. The lowest BCUT2D eigenvalue weighted by atomic mass is 9.78. The first-order valence-corrected chi connectivity index (χ1v) is 8.30. The van der Waals surface area contributed by atoms with Crippen LogP contribution in [-0.4, -0.2) is 28.9 Å². The van der Waals surface area contributed by atoms with E-state index in [4.69, 9.17) is 0 Å². The Balaban J connectivity index is 2.60. The van der Waals surface area contributed by atoms with Gasteiger partial charge in [-0.15, -0.1) is 0 Å². The number of aromatic hydroxyl groups is 1. The quantitative estimate of drug-likeness (QED) is 0.664. The zero-order valence-corrected chi connectivity index (χ0v) is 15.4. The molecule has 24 heavy (non-hydrogen) atoms. The molecule has 1 N–H and O–H groups in total. The monoisotopic (exact) mass is 329 g/mol. The molecule has 0 atom stereocenters. The molecule has 2 amide bonds. The van der Waals surface area contributed by atoms with Crippen molar-refractivity contribution in [1.29, 1.82) is 0 Å². The lowest BCUT2D eigenvalue weighted by Crippen LogP contribution is -2.22. The van der Waals surface area contributed by atoms with Crippen LogP contribution in [0.1, 0.15) is 64.7 Å². The molecule has 1 aliphatic heterocycles. The van der Waals surface area contributed by atoms with Gasteiger partial charge in [0, 0.05) is 23.2 Å². The first-order chi connectivity index (χ1) is 10.9. The molecule has 0 aliphatic carbocycles. The molecule has 0 radical (unpaired) electrons. The summed E-state index contributed by atoms with van der Waals surface area (Å²) in [5.41, 5.74) is 2.81. The number of rotatable bonds is 2. The number of hydrogen-bond donors (Lipinski definition) is 1. The Morgan fingerprint density at radius 3 is 1.92 bits per heavy atom. The number of phenolic OH excluding ortho intramolecular Hbond substituents is 1. The van der Waals surface area contributed by atoms with Gasteiger partial charge in [0.05, 0.1) is 0 Å². The highest BCUT2D eigenvalue weighted by atomic mass is 16.3. The van der Waals surface area contributed by atoms with Crippen molar-refractivity contribution < 1.29 is 14.7 Å². The number of imide groups is 1. The number of amides is 2. The summed E-state index contributed by atoms with van der Waals surface area (Å²) in [5.74, 6) is 0.0945. The average Bonchev–Trinajstić information content (AvgIpc) is 2.78. The van der Waals surface area contributed by atoms with E-state index >= 15 is 0 Å². The third-order valence-electron chi connectivity index (χ3n) is 4.37. The fraction of sp³-hybridized carbons (Fsp3) is 0.500. The molecule has 0 saturated carbocycles. The van der Waals surface area contributed by atoms with Gasteiger partial charge >= 0.3 is 0 Å². The van der Waals surface area contributed by atoms with E-state index in [1.54, 1.807) is 0 Å². The first-order valence-electron chi connectivity index (χ1n) is 8.30. The van der Waals surface area contributed by atoms with E-state index in [1.165, 1.54) is 4.90 Å². The van der Waals surface area contributed by atoms with Crippen molar-refractivity contribution in [2.24, 2.45) is 0 Å². The molecule has 1 fully saturated rings. The molecule has 0 unspecified atom stereocenters. The van der Waals surface area contributed by atoms with E-state index < -0.39 is 0 Å². The van der Waals surface area contributed by atoms with Crippen LogP contribution in [0, 0.1) is 0 Å². The van der Waals surface area contributed by atoms with Gasteiger partial charge in [0.2, 0.25) is 6.41 Å². The van der Waals surface area contributed by atoms with E-state index in [1.807, 2.05) is 18.2 Å². The zero-order chi connectivity index (χ0) is 18.3. The molecule has 0 bridgehead atoms. The molecule has 130 valence electrons. The second kappa shape index (κ2) is 6.08. The normalized spacial score (nSPS) is 17.7. The Labute approximate surface area is 144 Å². The lowest BCUT2D eigenvalue weighted by molar-refractivity contribution is -0.132. The van der Waals surface area contributed by atoms with Crippen LogP contribution in [0.15, 0.2) is 17.7 Å². The van der Waals surface area contributed by atoms with Crippen molar-refractivity contribution in [2.75, 3.05) is 6.54 Å². The van der Waals surface area contributed by atoms with Gasteiger partial charge in [-0.2, -0.15) is 0 Å². The van der Waals surface area contributed by atoms with E-state index in [9.17, 15) is 14.7 Å². The van der Waals surface area contributed by atoms with Crippen LogP contribution in [0.2, 0.25) is 0 Å². The number of nitrogens with zero attached hydrogens (tertiary/aromatic N) is 1. The molecule has 1 saturated heterocycles. The van der Waals surface area contributed by atoms with Gasteiger partial charge in [0.15, 0.2) is 0 Å². The smallest absolute Gasteiger partial charge is 0.256 e. The molecular formula is C20H27NO3. The van der Waals surface area contributed by atoms with Crippen LogP contribution >= 0.6 is 0 Å². The summed E-state index contributed by atoms with van der Waals surface area (Å²) in [6.07, 6.45) is 2.99. The summed E-state index contributed by atoms with van der Waals surface area (Å²) in [4.78, 5) is 24.2. The number of carbonyl (C=O) groups is 2. The molecule has 4 heteroatoms. The van der Waals surface area contributed by atoms with Crippen molar-refractivity contribution >= 4 is 18.4 Å². The molecular weight excluding hydrogens is 302 g/mol. The van der Waals surface area contributed by atoms with Crippen molar-refractivity contribution in [2.45, 2.75) is 58.8 Å². The maximum atomic E-state index is 12.1. The van der Waals surface area contributed by atoms with Crippen molar-refractivity contribution in [3.8, 4) is 5.75 Å². The van der Waals surface area contributed by atoms with Crippen LogP contribution in [0.25, 0.3) is 6.08 Å². The molecule has 1 heterocycles. The van der Waals surface area contributed by atoms with Crippen LogP contribution < -0.4 is 0 Å². The zero-order valence-electron chi connectivity index (χ0n) is 15.4. The highest BCUT2D eigenvalue weighted by molar-refractivity contribution is 6.04. The highest BCUT2D eigenvalue weighted by Crippen LogP contribution is 2.40. The molecule has 2 rings (SSSR count). The van der Waals surface area contributed by atoms with Gasteiger partial charge in [0.25, 0.3) is 5.91 Å². The summed E-state index contributed by atoms with van der Waals surface area (Å²) >= 11 is 0. The van der Waals surface area contributed by atoms with Crippen LogP contribution in [0.4, 0.5) is 0 Å². The minimum absolute atomic E-state index is 0.215. The number of phenols is 1. The minimum Gasteiger partial charge on any atom is -0.507 e. The molecule has 0 aromatic heterocycles. The first kappa shape index (κ1) is 18.2. The second-order valence-corrected chi connectivity index (χ2v) is 8.49. The standard InChI is InChI=1S/C20H27NO3/c1-19(2,3)15-10-13(11-16(17(15)23)20(4,5)6)9-14-7-8-21(12-22)18(14)24/h9-12,23H,7-8H2,1-6H3. The van der Waals surface area contributed by atoms with E-state index in [2.05, 4.69) is 41.5 Å². The van der Waals surface area contributed by atoms with E-state index in [0.717, 1.165) is 16.7 Å². The van der Waals surface area contributed by atoms with Crippen molar-refractivity contribution in [3.05, 3.63) is 34.4 Å². The predicted octanol–water partition coefficient (Wildman–Crippen LogP) is 3.76. The average molecular weight is 329 g/mol. The number of likely N-dealkylation sites (tertiary alicyclic amines) is 1. The third-order valence-corrected chi connectivity index (χ3v) is 4.37. The van der Waals surface area contributed by atoms with Gasteiger partial charge in [-0.25, -0.2) is 0 Å². The van der Waals surface area contributed by atoms with Crippen LogP contribution in [-0.2, 0) is 20.4 Å². The van der Waals surface area contributed by atoms with Gasteiger partial charge in [-0.3, -0.25) is 14.5 Å². The largest absolute Gasteiger partial charge is 0.507 e. The second-order valence-electron chi connectivity index (χ2n) is 8.49. The summed E-state index contributed by atoms with van der Waals surface area (Å²) in [7, 11) is 0. The number of carbonyl (C=O) groups excluding carboxylic acids is 2. The van der Waals surface area contributed by atoms with Gasteiger partial charge in [-0.05, 0) is 41.0 Å². The molecule has 0 spiro atoms. The Bertz CT molecular complexity index is 668. The molecule has 1 aliphatic rings. The topological polar surface area (TPSA) is 57.6 Å². The highest BCUT2D eigenvalue weighted by Gasteiger charge is 2.28. The fourth-order valence-electron chi connectivity index (χ4n) is 2.95.